The standard InChI is InChI=1S/C17H17N3OS2/c18-12-5-1-3-7-14(12)22-10-11-9-16(21)20-13-6-2-4-8-15(13)23-17(20)19-11/h1,3,5,7,9H,2,4,6,8,10,18H2. The molecule has 1 aromatic carbocycles. The van der Waals surface area contributed by atoms with Gasteiger partial charge in [0.05, 0.1) is 5.69 Å². The van der Waals surface area contributed by atoms with Gasteiger partial charge in [0.1, 0.15) is 0 Å². The lowest BCUT2D eigenvalue weighted by Crippen LogP contribution is -2.17. The number of rotatable bonds is 3. The SMILES string of the molecule is Nc1ccccc1SCc1cc(=O)n2c3c(sc2n1)CCCC3. The average molecular weight is 343 g/mol. The molecule has 1 aliphatic rings. The van der Waals surface area contributed by atoms with Crippen LogP contribution in [-0.4, -0.2) is 9.38 Å². The van der Waals surface area contributed by atoms with Gasteiger partial charge in [-0.2, -0.15) is 0 Å². The lowest BCUT2D eigenvalue weighted by molar-refractivity contribution is 0.670. The molecule has 0 radical (unpaired) electrons. The largest absolute Gasteiger partial charge is 0.398 e. The van der Waals surface area contributed by atoms with Gasteiger partial charge in [0, 0.05) is 33.0 Å². The fraction of sp³-hybridized carbons (Fsp3) is 0.294. The van der Waals surface area contributed by atoms with E-state index in [4.69, 9.17) is 10.7 Å². The molecule has 0 saturated carbocycles. The van der Waals surface area contributed by atoms with E-state index in [0.29, 0.717) is 5.75 Å². The number of thiazole rings is 1. The predicted molar refractivity (Wildman–Crippen MR) is 96.4 cm³/mol. The fourth-order valence-electron chi connectivity index (χ4n) is 2.98. The van der Waals surface area contributed by atoms with Gasteiger partial charge in [0.2, 0.25) is 0 Å². The van der Waals surface area contributed by atoms with Gasteiger partial charge in [-0.05, 0) is 37.8 Å². The maximum atomic E-state index is 12.5. The van der Waals surface area contributed by atoms with E-state index >= 15 is 0 Å². The average Bonchev–Trinajstić information content (AvgIpc) is 2.93. The van der Waals surface area contributed by atoms with E-state index in [1.54, 1.807) is 29.2 Å². The Bertz CT molecular complexity index is 929. The second-order valence-corrected chi connectivity index (χ2v) is 7.79. The zero-order chi connectivity index (χ0) is 15.8. The Morgan fingerprint density at radius 1 is 1.26 bits per heavy atom. The van der Waals surface area contributed by atoms with Crippen molar-refractivity contribution >= 4 is 33.7 Å². The molecule has 0 unspecified atom stereocenters. The van der Waals surface area contributed by atoms with Gasteiger partial charge in [-0.3, -0.25) is 9.20 Å². The zero-order valence-corrected chi connectivity index (χ0v) is 14.3. The minimum atomic E-state index is 0.0473. The third-order valence-electron chi connectivity index (χ3n) is 4.11. The molecule has 0 amide bonds. The van der Waals surface area contributed by atoms with Crippen LogP contribution in [0.1, 0.15) is 29.1 Å². The van der Waals surface area contributed by atoms with E-state index in [2.05, 4.69) is 0 Å². The number of benzene rings is 1. The Kier molecular flexibility index (Phi) is 3.87. The highest BCUT2D eigenvalue weighted by Gasteiger charge is 2.18. The maximum Gasteiger partial charge on any atom is 0.259 e. The first-order valence-electron chi connectivity index (χ1n) is 7.73. The van der Waals surface area contributed by atoms with E-state index in [0.717, 1.165) is 40.5 Å². The quantitative estimate of drug-likeness (QED) is 0.584. The molecule has 2 N–H and O–H groups in total. The summed E-state index contributed by atoms with van der Waals surface area (Å²) in [4.78, 5) is 20.4. The minimum Gasteiger partial charge on any atom is -0.398 e. The molecule has 0 aliphatic heterocycles. The number of nitrogen functional groups attached to an aromatic ring is 1. The number of fused-ring (bicyclic) bond motifs is 3. The first kappa shape index (κ1) is 14.8. The van der Waals surface area contributed by atoms with Gasteiger partial charge in [-0.15, -0.1) is 23.1 Å². The van der Waals surface area contributed by atoms with E-state index in [-0.39, 0.29) is 5.56 Å². The molecular formula is C17H17N3OS2. The van der Waals surface area contributed by atoms with Crippen LogP contribution in [0.4, 0.5) is 5.69 Å². The summed E-state index contributed by atoms with van der Waals surface area (Å²) in [6.07, 6.45) is 4.44. The van der Waals surface area contributed by atoms with Crippen LogP contribution in [0.25, 0.3) is 4.96 Å². The topological polar surface area (TPSA) is 60.4 Å². The summed E-state index contributed by atoms with van der Waals surface area (Å²) < 4.78 is 1.81. The van der Waals surface area contributed by atoms with Gasteiger partial charge in [0.15, 0.2) is 4.96 Å². The smallest absolute Gasteiger partial charge is 0.259 e. The molecule has 0 saturated heterocycles. The Labute approximate surface area is 142 Å². The Morgan fingerprint density at radius 2 is 2.09 bits per heavy atom. The van der Waals surface area contributed by atoms with Crippen molar-refractivity contribution in [3.05, 3.63) is 57.0 Å². The molecule has 23 heavy (non-hydrogen) atoms. The molecule has 0 atom stereocenters. The van der Waals surface area contributed by atoms with Gasteiger partial charge >= 0.3 is 0 Å². The van der Waals surface area contributed by atoms with Crippen molar-refractivity contribution in [3.8, 4) is 0 Å². The highest BCUT2D eigenvalue weighted by molar-refractivity contribution is 7.98. The summed E-state index contributed by atoms with van der Waals surface area (Å²) in [7, 11) is 0. The number of thioether (sulfide) groups is 1. The van der Waals surface area contributed by atoms with Crippen LogP contribution in [0, 0.1) is 0 Å². The maximum absolute atomic E-state index is 12.5. The van der Waals surface area contributed by atoms with Crippen LogP contribution in [-0.2, 0) is 18.6 Å². The first-order chi connectivity index (χ1) is 11.2. The number of hydrogen-bond donors (Lipinski definition) is 1. The van der Waals surface area contributed by atoms with Gasteiger partial charge in [-0.25, -0.2) is 4.98 Å². The number of aryl methyl sites for hydroxylation is 2. The lowest BCUT2D eigenvalue weighted by Gasteiger charge is -2.10. The molecule has 3 aromatic rings. The van der Waals surface area contributed by atoms with E-state index in [1.807, 2.05) is 28.7 Å². The molecule has 6 heteroatoms. The number of para-hydroxylation sites is 1. The first-order valence-corrected chi connectivity index (χ1v) is 9.53. The van der Waals surface area contributed by atoms with Crippen LogP contribution in [0.2, 0.25) is 0 Å². The van der Waals surface area contributed by atoms with E-state index in [1.165, 1.54) is 17.0 Å². The third-order valence-corrected chi connectivity index (χ3v) is 6.37. The summed E-state index contributed by atoms with van der Waals surface area (Å²) in [5, 5.41) is 0. The summed E-state index contributed by atoms with van der Waals surface area (Å²) in [5.41, 5.74) is 8.78. The van der Waals surface area contributed by atoms with Crippen molar-refractivity contribution in [2.24, 2.45) is 0 Å². The number of hydrogen-bond acceptors (Lipinski definition) is 5. The molecule has 0 fully saturated rings. The lowest BCUT2D eigenvalue weighted by atomic mass is 10.0. The number of nitrogens with zero attached hydrogens (tertiary/aromatic N) is 2. The molecule has 118 valence electrons. The van der Waals surface area contributed by atoms with Crippen molar-refractivity contribution < 1.29 is 0 Å². The molecule has 0 spiro atoms. The predicted octanol–water partition coefficient (Wildman–Crippen LogP) is 3.51. The molecule has 1 aliphatic carbocycles. The number of aromatic nitrogens is 2. The van der Waals surface area contributed by atoms with Crippen molar-refractivity contribution in [2.45, 2.75) is 36.3 Å². The minimum absolute atomic E-state index is 0.0473. The van der Waals surface area contributed by atoms with Crippen LogP contribution in [0.15, 0.2) is 40.0 Å². The molecule has 4 rings (SSSR count). The van der Waals surface area contributed by atoms with Crippen LogP contribution >= 0.6 is 23.1 Å². The molecule has 2 aromatic heterocycles. The van der Waals surface area contributed by atoms with Gasteiger partial charge in [0.25, 0.3) is 5.56 Å². The van der Waals surface area contributed by atoms with Crippen molar-refractivity contribution in [1.82, 2.24) is 9.38 Å². The number of anilines is 1. The van der Waals surface area contributed by atoms with Crippen molar-refractivity contribution in [3.63, 3.8) is 0 Å². The summed E-state index contributed by atoms with van der Waals surface area (Å²) in [5.74, 6) is 0.655. The monoisotopic (exact) mass is 343 g/mol. The normalized spacial score (nSPS) is 14.1. The summed E-state index contributed by atoms with van der Waals surface area (Å²) >= 11 is 3.29. The highest BCUT2D eigenvalue weighted by Crippen LogP contribution is 2.30. The van der Waals surface area contributed by atoms with Gasteiger partial charge in [-0.1, -0.05) is 12.1 Å². The molecule has 4 nitrogen and oxygen atoms in total. The Morgan fingerprint density at radius 3 is 2.96 bits per heavy atom. The van der Waals surface area contributed by atoms with Crippen molar-refractivity contribution in [1.29, 1.82) is 0 Å². The van der Waals surface area contributed by atoms with Crippen LogP contribution in [0.3, 0.4) is 0 Å². The van der Waals surface area contributed by atoms with E-state index in [9.17, 15) is 4.79 Å². The Hall–Kier alpha value is -1.79. The third kappa shape index (κ3) is 2.77. The van der Waals surface area contributed by atoms with Crippen LogP contribution in [0.5, 0.6) is 0 Å². The fourth-order valence-corrected chi connectivity index (χ4v) is 5.07. The zero-order valence-electron chi connectivity index (χ0n) is 12.6. The van der Waals surface area contributed by atoms with Crippen LogP contribution < -0.4 is 11.3 Å². The Balaban J connectivity index is 1.66. The highest BCUT2D eigenvalue weighted by atomic mass is 32.2. The van der Waals surface area contributed by atoms with Crippen molar-refractivity contribution in [2.75, 3.05) is 5.73 Å². The molecule has 0 bridgehead atoms. The summed E-state index contributed by atoms with van der Waals surface area (Å²) in [6, 6.07) is 9.45. The molecular weight excluding hydrogens is 326 g/mol. The second kappa shape index (κ2) is 6.02. The van der Waals surface area contributed by atoms with Gasteiger partial charge < -0.3 is 5.73 Å². The molecule has 2 heterocycles. The summed E-state index contributed by atoms with van der Waals surface area (Å²) in [6.45, 7) is 0. The second-order valence-electron chi connectivity index (χ2n) is 5.71. The van der Waals surface area contributed by atoms with E-state index < -0.39 is 0 Å². The number of nitrogens with two attached hydrogens (primary N) is 1.